The average Bonchev–Trinajstić information content (AvgIpc) is 3.27. The summed E-state index contributed by atoms with van der Waals surface area (Å²) in [6.07, 6.45) is 1.63. The van der Waals surface area contributed by atoms with Crippen LogP contribution in [0.4, 0.5) is 4.79 Å². The Morgan fingerprint density at radius 1 is 0.959 bits per heavy atom. The summed E-state index contributed by atoms with van der Waals surface area (Å²) in [5.41, 5.74) is -1.51. The van der Waals surface area contributed by atoms with Crippen molar-refractivity contribution in [3.05, 3.63) is 12.7 Å². The van der Waals surface area contributed by atoms with Gasteiger partial charge in [-0.25, -0.2) is 4.79 Å². The highest BCUT2D eigenvalue weighted by molar-refractivity contribution is 7.87. The molecule has 3 fully saturated rings. The molecule has 2 heterocycles. The van der Waals surface area contributed by atoms with Crippen molar-refractivity contribution in [1.82, 2.24) is 34.8 Å². The molecule has 0 bridgehead atoms. The number of carbonyl (C=O) groups excluding carboxylic acids is 5. The minimum atomic E-state index is -3.69. The third kappa shape index (κ3) is 8.65. The SMILES string of the molecule is C=CCNC(=O)C(=O)C(CC)NC(=O)[C@@H]1[C@@H]2[C@H](CN1C(=O)[C@@H](NC(=O)N[C@H](CN1CCN(C(C)C)S1(=O)=O)C(C)(C)C)C(C)(C)C)C2(C)C. The topological polar surface area (TPSA) is 177 Å². The highest BCUT2D eigenvalue weighted by Crippen LogP contribution is 2.65. The molecule has 3 aliphatic rings. The van der Waals surface area contributed by atoms with Crippen LogP contribution in [-0.2, 0) is 29.4 Å². The van der Waals surface area contributed by atoms with E-state index in [1.165, 1.54) is 19.6 Å². The Labute approximate surface area is 292 Å². The van der Waals surface area contributed by atoms with Crippen LogP contribution < -0.4 is 21.3 Å². The van der Waals surface area contributed by atoms with Crippen LogP contribution in [0.1, 0.15) is 82.6 Å². The van der Waals surface area contributed by atoms with Crippen LogP contribution in [0.3, 0.4) is 0 Å². The van der Waals surface area contributed by atoms with Gasteiger partial charge in [-0.15, -0.1) is 6.58 Å². The smallest absolute Gasteiger partial charge is 0.315 e. The fraction of sp³-hybridized carbons (Fsp3) is 0.794. The average molecular weight is 710 g/mol. The van der Waals surface area contributed by atoms with Crippen molar-refractivity contribution >= 4 is 39.7 Å². The number of hydrogen-bond acceptors (Lipinski definition) is 7. The lowest BCUT2D eigenvalue weighted by molar-refractivity contribution is -0.145. The summed E-state index contributed by atoms with van der Waals surface area (Å²) in [7, 11) is -3.69. The van der Waals surface area contributed by atoms with Crippen molar-refractivity contribution in [2.24, 2.45) is 28.1 Å². The molecular weight excluding hydrogens is 650 g/mol. The van der Waals surface area contributed by atoms with E-state index in [2.05, 4.69) is 27.8 Å². The van der Waals surface area contributed by atoms with Crippen molar-refractivity contribution in [3.8, 4) is 0 Å². The lowest BCUT2D eigenvalue weighted by Gasteiger charge is -2.39. The van der Waals surface area contributed by atoms with E-state index < -0.39 is 74.7 Å². The number of rotatable bonds is 13. The van der Waals surface area contributed by atoms with E-state index in [9.17, 15) is 32.4 Å². The Balaban J connectivity index is 1.81. The molecule has 1 aliphatic carbocycles. The van der Waals surface area contributed by atoms with Crippen LogP contribution >= 0.6 is 0 Å². The molecule has 1 unspecified atom stereocenters. The summed E-state index contributed by atoms with van der Waals surface area (Å²) < 4.78 is 29.2. The Morgan fingerprint density at radius 2 is 1.57 bits per heavy atom. The molecule has 2 saturated heterocycles. The minimum absolute atomic E-state index is 0.0476. The van der Waals surface area contributed by atoms with Gasteiger partial charge >= 0.3 is 6.03 Å². The molecule has 278 valence electrons. The number of likely N-dealkylation sites (tertiary alicyclic amines) is 1. The van der Waals surface area contributed by atoms with E-state index in [1.54, 1.807) is 6.92 Å². The van der Waals surface area contributed by atoms with Crippen molar-refractivity contribution in [3.63, 3.8) is 0 Å². The maximum absolute atomic E-state index is 14.4. The number of amides is 5. The second-order valence-corrected chi connectivity index (χ2v) is 18.5. The zero-order chi connectivity index (χ0) is 37.4. The van der Waals surface area contributed by atoms with Crippen LogP contribution in [0.25, 0.3) is 0 Å². The molecular formula is C34H59N7O7S. The largest absolute Gasteiger partial charge is 0.346 e. The number of ketones is 1. The molecule has 0 spiro atoms. The van der Waals surface area contributed by atoms with Gasteiger partial charge < -0.3 is 26.2 Å². The summed E-state index contributed by atoms with van der Waals surface area (Å²) in [4.78, 5) is 68.6. The third-order valence-corrected chi connectivity index (χ3v) is 12.5. The Morgan fingerprint density at radius 3 is 2.06 bits per heavy atom. The summed E-state index contributed by atoms with van der Waals surface area (Å²) in [6, 6.07) is -4.41. The van der Waals surface area contributed by atoms with Gasteiger partial charge in [0.1, 0.15) is 12.1 Å². The van der Waals surface area contributed by atoms with E-state index in [-0.39, 0.29) is 42.8 Å². The second kappa shape index (κ2) is 14.7. The molecule has 14 nitrogen and oxygen atoms in total. The lowest BCUT2D eigenvalue weighted by atomic mass is 9.85. The fourth-order valence-corrected chi connectivity index (χ4v) is 8.81. The van der Waals surface area contributed by atoms with Gasteiger partial charge in [0.2, 0.25) is 17.6 Å². The molecule has 0 aromatic rings. The van der Waals surface area contributed by atoms with E-state index in [0.717, 1.165) is 0 Å². The number of piperidine rings is 1. The molecule has 3 rings (SSSR count). The zero-order valence-corrected chi connectivity index (χ0v) is 32.0. The van der Waals surface area contributed by atoms with Crippen LogP contribution in [0.15, 0.2) is 12.7 Å². The molecule has 0 aromatic heterocycles. The fourth-order valence-electron chi connectivity index (χ4n) is 7.02. The first-order chi connectivity index (χ1) is 22.4. The molecule has 1 saturated carbocycles. The molecule has 4 N–H and O–H groups in total. The highest BCUT2D eigenvalue weighted by atomic mass is 32.2. The standard InChI is InChI=1S/C34H59N7O7S/c1-13-15-35-29(44)26(42)22(14-2)36-28(43)25-24-21(34(24,11)12)18-40(25)30(45)27(33(8,9)10)38-31(46)37-23(32(5,6)7)19-39-16-17-41(20(3)4)49(39,47)48/h13,20-25,27H,1,14-19H2,2-12H3,(H,35,44)(H,36,43)(H2,37,38,46)/t21-,22?,23+,24-,25-,27+/m0/s1. The number of fused-ring (bicyclic) bond motifs is 1. The van der Waals surface area contributed by atoms with Crippen molar-refractivity contribution in [2.45, 2.75) is 113 Å². The summed E-state index contributed by atoms with van der Waals surface area (Å²) in [5, 5.41) is 11.0. The van der Waals surface area contributed by atoms with Crippen molar-refractivity contribution in [2.75, 3.05) is 32.7 Å². The van der Waals surface area contributed by atoms with Gasteiger partial charge in [-0.05, 0) is 48.3 Å². The van der Waals surface area contributed by atoms with Crippen LogP contribution in [-0.4, -0.2) is 114 Å². The van der Waals surface area contributed by atoms with Crippen LogP contribution in [0.5, 0.6) is 0 Å². The lowest BCUT2D eigenvalue weighted by Crippen LogP contribution is -2.62. The number of nitrogens with zero attached hydrogens (tertiary/aromatic N) is 3. The van der Waals surface area contributed by atoms with Gasteiger partial charge in [-0.1, -0.05) is 68.4 Å². The predicted molar refractivity (Wildman–Crippen MR) is 187 cm³/mol. The maximum atomic E-state index is 14.4. The van der Waals surface area contributed by atoms with Crippen molar-refractivity contribution in [1.29, 1.82) is 0 Å². The number of hydrogen-bond donors (Lipinski definition) is 4. The van der Waals surface area contributed by atoms with Crippen LogP contribution in [0.2, 0.25) is 0 Å². The molecule has 0 aromatic carbocycles. The first-order valence-corrected chi connectivity index (χ1v) is 18.7. The maximum Gasteiger partial charge on any atom is 0.315 e. The summed E-state index contributed by atoms with van der Waals surface area (Å²) >= 11 is 0. The third-order valence-electron chi connectivity index (χ3n) is 10.3. The summed E-state index contributed by atoms with van der Waals surface area (Å²) in [5.74, 6) is -2.67. The van der Waals surface area contributed by atoms with Gasteiger partial charge in [0.25, 0.3) is 16.1 Å². The second-order valence-electron chi connectivity index (χ2n) is 16.6. The van der Waals surface area contributed by atoms with Gasteiger partial charge in [0, 0.05) is 44.8 Å². The zero-order valence-electron chi connectivity index (χ0n) is 31.2. The number of nitrogens with one attached hydrogen (secondary N) is 4. The monoisotopic (exact) mass is 709 g/mol. The van der Waals surface area contributed by atoms with Crippen molar-refractivity contribution < 1.29 is 32.4 Å². The van der Waals surface area contributed by atoms with E-state index in [1.807, 2.05) is 69.2 Å². The highest BCUT2D eigenvalue weighted by Gasteiger charge is 2.70. The van der Waals surface area contributed by atoms with E-state index >= 15 is 0 Å². The first kappa shape index (κ1) is 40.4. The Hall–Kier alpha value is -3.04. The molecule has 49 heavy (non-hydrogen) atoms. The van der Waals surface area contributed by atoms with Gasteiger partial charge in [-0.3, -0.25) is 19.2 Å². The molecule has 15 heteroatoms. The molecule has 6 atom stereocenters. The number of urea groups is 1. The minimum Gasteiger partial charge on any atom is -0.346 e. The quantitative estimate of drug-likeness (QED) is 0.166. The molecule has 0 radical (unpaired) electrons. The van der Waals surface area contributed by atoms with Gasteiger partial charge in [0.15, 0.2) is 0 Å². The Bertz CT molecular complexity index is 1420. The molecule has 2 aliphatic heterocycles. The normalized spacial score (nSPS) is 25.1. The summed E-state index contributed by atoms with van der Waals surface area (Å²) in [6.45, 7) is 25.3. The van der Waals surface area contributed by atoms with E-state index in [4.69, 9.17) is 0 Å². The number of Topliss-reactive ketones (excluding diaryl/α,β-unsaturated/α-hetero) is 1. The Kier molecular flexibility index (Phi) is 12.1. The predicted octanol–water partition coefficient (Wildman–Crippen LogP) is 1.63. The number of carbonyl (C=O) groups is 5. The van der Waals surface area contributed by atoms with Gasteiger partial charge in [-0.2, -0.15) is 17.0 Å². The molecule has 5 amide bonds. The van der Waals surface area contributed by atoms with Gasteiger partial charge in [0.05, 0.1) is 6.04 Å². The van der Waals surface area contributed by atoms with E-state index in [0.29, 0.717) is 19.6 Å². The first-order valence-electron chi connectivity index (χ1n) is 17.3. The van der Waals surface area contributed by atoms with Crippen LogP contribution in [0, 0.1) is 28.1 Å².